The first kappa shape index (κ1) is 12.0. The number of fused-ring (bicyclic) bond motifs is 1. The van der Waals surface area contributed by atoms with Crippen LogP contribution in [0.3, 0.4) is 0 Å². The van der Waals surface area contributed by atoms with Crippen LogP contribution in [-0.2, 0) is 16.0 Å². The Labute approximate surface area is 103 Å². The molecule has 0 amide bonds. The quantitative estimate of drug-likeness (QED) is 0.837. The van der Waals surface area contributed by atoms with E-state index in [0.717, 1.165) is 5.39 Å². The second-order valence-corrected chi connectivity index (χ2v) is 3.88. The van der Waals surface area contributed by atoms with Crippen molar-refractivity contribution in [3.63, 3.8) is 0 Å². The first-order valence-corrected chi connectivity index (χ1v) is 5.38. The Hall–Kier alpha value is -2.48. The molecule has 1 heterocycles. The van der Waals surface area contributed by atoms with Gasteiger partial charge in [-0.15, -0.1) is 0 Å². The van der Waals surface area contributed by atoms with Crippen LogP contribution in [0.4, 0.5) is 0 Å². The molecule has 18 heavy (non-hydrogen) atoms. The van der Waals surface area contributed by atoms with E-state index in [-0.39, 0.29) is 12.2 Å². The van der Waals surface area contributed by atoms with Crippen molar-refractivity contribution in [2.45, 2.75) is 19.4 Å². The predicted molar refractivity (Wildman–Crippen MR) is 62.7 cm³/mol. The Kier molecular flexibility index (Phi) is 3.20. The second kappa shape index (κ2) is 4.80. The maximum atomic E-state index is 11.5. The number of carbonyl (C=O) groups excluding carboxylic acids is 1. The molecule has 0 radical (unpaired) electrons. The fraction of sp³-hybridized carbons (Fsp3) is 0.231. The van der Waals surface area contributed by atoms with E-state index in [4.69, 9.17) is 14.4 Å². The predicted octanol–water partition coefficient (Wildman–Crippen LogP) is 2.14. The van der Waals surface area contributed by atoms with Crippen LogP contribution in [0.25, 0.3) is 11.0 Å². The van der Waals surface area contributed by atoms with Gasteiger partial charge >= 0.3 is 5.97 Å². The van der Waals surface area contributed by atoms with Crippen molar-refractivity contribution in [3.8, 4) is 11.8 Å². The lowest BCUT2D eigenvalue weighted by Gasteiger charge is -2.04. The number of phenols is 1. The standard InChI is InChI=1S/C13H11NO4/c1-8(6-14)18-13(16)4-9-7-17-12-5-10(15)2-3-11(9)12/h2-3,5,7-8,15H,4H2,1H3/t8-/m0/s1. The van der Waals surface area contributed by atoms with Crippen LogP contribution in [0.5, 0.6) is 5.75 Å². The summed E-state index contributed by atoms with van der Waals surface area (Å²) in [6.45, 7) is 1.50. The van der Waals surface area contributed by atoms with E-state index in [2.05, 4.69) is 0 Å². The zero-order chi connectivity index (χ0) is 13.1. The van der Waals surface area contributed by atoms with Gasteiger partial charge in [-0.2, -0.15) is 5.26 Å². The van der Waals surface area contributed by atoms with E-state index < -0.39 is 12.1 Å². The summed E-state index contributed by atoms with van der Waals surface area (Å²) in [7, 11) is 0. The molecule has 92 valence electrons. The highest BCUT2D eigenvalue weighted by molar-refractivity contribution is 5.86. The lowest BCUT2D eigenvalue weighted by molar-refractivity contribution is -0.145. The summed E-state index contributed by atoms with van der Waals surface area (Å²) in [5, 5.41) is 18.6. The highest BCUT2D eigenvalue weighted by atomic mass is 16.5. The number of nitriles is 1. The number of carbonyl (C=O) groups is 1. The summed E-state index contributed by atoms with van der Waals surface area (Å²) in [6, 6.07) is 6.48. The van der Waals surface area contributed by atoms with E-state index in [0.29, 0.717) is 11.1 Å². The van der Waals surface area contributed by atoms with Gasteiger partial charge in [-0.05, 0) is 19.1 Å². The first-order valence-electron chi connectivity index (χ1n) is 5.38. The van der Waals surface area contributed by atoms with Crippen molar-refractivity contribution in [3.05, 3.63) is 30.0 Å². The number of hydrogen-bond acceptors (Lipinski definition) is 5. The number of furan rings is 1. The van der Waals surface area contributed by atoms with E-state index in [1.807, 2.05) is 6.07 Å². The van der Waals surface area contributed by atoms with E-state index >= 15 is 0 Å². The fourth-order valence-corrected chi connectivity index (χ4v) is 1.63. The highest BCUT2D eigenvalue weighted by Gasteiger charge is 2.13. The molecule has 1 atom stereocenters. The third-order valence-corrected chi connectivity index (χ3v) is 2.46. The molecule has 0 saturated carbocycles. The minimum Gasteiger partial charge on any atom is -0.508 e. The van der Waals surface area contributed by atoms with Gasteiger partial charge in [-0.1, -0.05) is 0 Å². The summed E-state index contributed by atoms with van der Waals surface area (Å²) >= 11 is 0. The Balaban J connectivity index is 2.18. The van der Waals surface area contributed by atoms with Crippen molar-refractivity contribution >= 4 is 16.9 Å². The smallest absolute Gasteiger partial charge is 0.311 e. The molecule has 1 N–H and O–H groups in total. The number of hydrogen-bond donors (Lipinski definition) is 1. The summed E-state index contributed by atoms with van der Waals surface area (Å²) in [5.74, 6) is -0.385. The monoisotopic (exact) mass is 245 g/mol. The molecule has 0 bridgehead atoms. The van der Waals surface area contributed by atoms with Crippen molar-refractivity contribution < 1.29 is 19.1 Å². The number of aromatic hydroxyl groups is 1. The molecule has 0 aliphatic carbocycles. The minimum atomic E-state index is -0.764. The van der Waals surface area contributed by atoms with Crippen molar-refractivity contribution in [2.75, 3.05) is 0 Å². The molecule has 2 rings (SSSR count). The summed E-state index contributed by atoms with van der Waals surface area (Å²) in [5.41, 5.74) is 1.17. The van der Waals surface area contributed by atoms with Gasteiger partial charge < -0.3 is 14.3 Å². The van der Waals surface area contributed by atoms with E-state index in [1.165, 1.54) is 25.3 Å². The van der Waals surface area contributed by atoms with Crippen LogP contribution in [0.1, 0.15) is 12.5 Å². The zero-order valence-corrected chi connectivity index (χ0v) is 9.71. The van der Waals surface area contributed by atoms with Gasteiger partial charge in [-0.3, -0.25) is 4.79 Å². The third kappa shape index (κ3) is 2.43. The molecular formula is C13H11NO4. The molecule has 5 nitrogen and oxygen atoms in total. The number of ether oxygens (including phenoxy) is 1. The number of nitrogens with zero attached hydrogens (tertiary/aromatic N) is 1. The average molecular weight is 245 g/mol. The lowest BCUT2D eigenvalue weighted by atomic mass is 10.1. The van der Waals surface area contributed by atoms with Crippen molar-refractivity contribution in [1.82, 2.24) is 0 Å². The molecule has 0 spiro atoms. The van der Waals surface area contributed by atoms with E-state index in [1.54, 1.807) is 6.07 Å². The molecule has 2 aromatic rings. The maximum absolute atomic E-state index is 11.5. The molecule has 0 aliphatic heterocycles. The molecule has 0 aliphatic rings. The number of benzene rings is 1. The number of rotatable bonds is 3. The van der Waals surface area contributed by atoms with Gasteiger partial charge in [0.05, 0.1) is 12.7 Å². The Morgan fingerprint density at radius 2 is 2.39 bits per heavy atom. The molecule has 0 unspecified atom stereocenters. The van der Waals surface area contributed by atoms with Crippen LogP contribution in [-0.4, -0.2) is 17.2 Å². The normalized spacial score (nSPS) is 12.0. The van der Waals surface area contributed by atoms with Gasteiger partial charge in [0.25, 0.3) is 0 Å². The van der Waals surface area contributed by atoms with Crippen LogP contribution in [0.2, 0.25) is 0 Å². The third-order valence-electron chi connectivity index (χ3n) is 2.46. The minimum absolute atomic E-state index is 0.0315. The van der Waals surface area contributed by atoms with Crippen molar-refractivity contribution in [1.29, 1.82) is 5.26 Å². The zero-order valence-electron chi connectivity index (χ0n) is 9.71. The van der Waals surface area contributed by atoms with Gasteiger partial charge in [0.2, 0.25) is 0 Å². The Morgan fingerprint density at radius 3 is 3.11 bits per heavy atom. The van der Waals surface area contributed by atoms with E-state index in [9.17, 15) is 9.90 Å². The topological polar surface area (TPSA) is 83.5 Å². The SMILES string of the molecule is C[C@@H](C#N)OC(=O)Cc1coc2cc(O)ccc12. The van der Waals surface area contributed by atoms with Gasteiger partial charge in [0.1, 0.15) is 17.4 Å². The Morgan fingerprint density at radius 1 is 1.61 bits per heavy atom. The van der Waals surface area contributed by atoms with Crippen LogP contribution in [0.15, 0.2) is 28.9 Å². The van der Waals surface area contributed by atoms with Crippen molar-refractivity contribution in [2.24, 2.45) is 0 Å². The van der Waals surface area contributed by atoms with Gasteiger partial charge in [0, 0.05) is 17.0 Å². The summed E-state index contributed by atoms with van der Waals surface area (Å²) in [4.78, 5) is 11.5. The maximum Gasteiger partial charge on any atom is 0.311 e. The number of esters is 1. The lowest BCUT2D eigenvalue weighted by Crippen LogP contribution is -2.14. The summed E-state index contributed by atoms with van der Waals surface area (Å²) < 4.78 is 10.1. The van der Waals surface area contributed by atoms with Gasteiger partial charge in [0.15, 0.2) is 6.10 Å². The van der Waals surface area contributed by atoms with Gasteiger partial charge in [-0.25, -0.2) is 0 Å². The van der Waals surface area contributed by atoms with Crippen LogP contribution in [0, 0.1) is 11.3 Å². The molecular weight excluding hydrogens is 234 g/mol. The average Bonchev–Trinajstić information content (AvgIpc) is 2.71. The molecule has 0 saturated heterocycles. The molecule has 1 aromatic carbocycles. The first-order chi connectivity index (χ1) is 8.60. The molecule has 0 fully saturated rings. The highest BCUT2D eigenvalue weighted by Crippen LogP contribution is 2.25. The fourth-order valence-electron chi connectivity index (χ4n) is 1.63. The number of phenolic OH excluding ortho intramolecular Hbond substituents is 1. The van der Waals surface area contributed by atoms with Crippen LogP contribution >= 0.6 is 0 Å². The second-order valence-electron chi connectivity index (χ2n) is 3.88. The van der Waals surface area contributed by atoms with Crippen LogP contribution < -0.4 is 0 Å². The molecule has 1 aromatic heterocycles. The molecule has 5 heteroatoms. The Bertz CT molecular complexity index is 623. The summed E-state index contributed by atoms with van der Waals surface area (Å²) in [6.07, 6.45) is 0.714. The largest absolute Gasteiger partial charge is 0.508 e.